The molecule has 338 valence electrons. The Balaban J connectivity index is 6.06. The van der Waals surface area contributed by atoms with Crippen molar-refractivity contribution in [2.24, 2.45) is 17.2 Å². The second kappa shape index (κ2) is 41.1. The lowest BCUT2D eigenvalue weighted by Gasteiger charge is -2.34. The zero-order valence-electron chi connectivity index (χ0n) is 37.9. The molecule has 0 rings (SSSR count). The number of rotatable bonds is 45. The Morgan fingerprint density at radius 1 is 0.268 bits per heavy atom. The summed E-state index contributed by atoms with van der Waals surface area (Å²) >= 11 is 0. The van der Waals surface area contributed by atoms with Gasteiger partial charge in [0.25, 0.3) is 0 Å². The van der Waals surface area contributed by atoms with Crippen LogP contribution < -0.4 is 49.1 Å². The van der Waals surface area contributed by atoms with Gasteiger partial charge in [-0.3, -0.25) is 29.4 Å². The Kier molecular flexibility index (Phi) is 40.6. The highest BCUT2D eigenvalue weighted by molar-refractivity contribution is 4.74. The maximum absolute atomic E-state index is 6.08. The summed E-state index contributed by atoms with van der Waals surface area (Å²) in [6, 6.07) is 0. The second-order valence-corrected chi connectivity index (χ2v) is 15.3. The van der Waals surface area contributed by atoms with Gasteiger partial charge in [0, 0.05) is 209 Å². The summed E-state index contributed by atoms with van der Waals surface area (Å²) in [4.78, 5) is 20.6. The van der Waals surface area contributed by atoms with Gasteiger partial charge in [0.15, 0.2) is 0 Å². The Morgan fingerprint density at radius 3 is 0.875 bits per heavy atom. The average Bonchev–Trinajstić information content (AvgIpc) is 3.20. The van der Waals surface area contributed by atoms with Gasteiger partial charge in [-0.05, 0) is 49.3 Å². The van der Waals surface area contributed by atoms with Gasteiger partial charge in [-0.1, -0.05) is 0 Å². The normalized spacial score (nSPS) is 12.5. The third kappa shape index (κ3) is 33.2. The van der Waals surface area contributed by atoms with E-state index in [1.165, 1.54) is 0 Å². The van der Waals surface area contributed by atoms with Gasteiger partial charge >= 0.3 is 0 Å². The molecule has 56 heavy (non-hydrogen) atoms. The fraction of sp³-hybridized carbons (Fsp3) is 1.00. The van der Waals surface area contributed by atoms with Gasteiger partial charge in [0.05, 0.1) is 0 Å². The molecule has 0 aliphatic rings. The van der Waals surface area contributed by atoms with Gasteiger partial charge in [-0.25, -0.2) is 0 Å². The van der Waals surface area contributed by atoms with Crippen LogP contribution in [0.1, 0.15) is 0 Å². The lowest BCUT2D eigenvalue weighted by Crippen LogP contribution is -2.48. The van der Waals surface area contributed by atoms with E-state index in [1.807, 2.05) is 28.2 Å². The van der Waals surface area contributed by atoms with Gasteiger partial charge in [-0.2, -0.15) is 0 Å². The smallest absolute Gasteiger partial charge is 0.0110 e. The molecule has 0 amide bonds. The highest BCUT2D eigenvalue weighted by Crippen LogP contribution is 2.02. The van der Waals surface area contributed by atoms with Gasteiger partial charge in [-0.15, -0.1) is 0 Å². The summed E-state index contributed by atoms with van der Waals surface area (Å²) in [6.07, 6.45) is 0. The number of hydrogen-bond acceptors (Lipinski definition) is 17. The Labute approximate surface area is 346 Å². The van der Waals surface area contributed by atoms with E-state index >= 15 is 0 Å². The molecule has 0 saturated heterocycles. The molecule has 0 aromatic heterocycles. The minimum atomic E-state index is 0.685. The first-order chi connectivity index (χ1) is 27.3. The lowest BCUT2D eigenvalue weighted by atomic mass is 10.3. The molecule has 0 spiro atoms. The molecule has 0 aliphatic heterocycles. The third-order valence-electron chi connectivity index (χ3n) is 10.6. The lowest BCUT2D eigenvalue weighted by molar-refractivity contribution is 0.132. The summed E-state index contributed by atoms with van der Waals surface area (Å²) < 4.78 is 0. The molecule has 0 aliphatic carbocycles. The average molecular weight is 804 g/mol. The molecule has 17 nitrogen and oxygen atoms in total. The fourth-order valence-electron chi connectivity index (χ4n) is 6.55. The van der Waals surface area contributed by atoms with E-state index in [4.69, 9.17) is 17.2 Å². The van der Waals surface area contributed by atoms with Gasteiger partial charge in [0.2, 0.25) is 0 Å². The number of nitrogens with zero attached hydrogens (tertiary/aromatic N) is 8. The molecule has 12 N–H and O–H groups in total. The Hall–Kier alpha value is -0.680. The van der Waals surface area contributed by atoms with Crippen molar-refractivity contribution in [2.45, 2.75) is 0 Å². The topological polar surface area (TPSA) is 176 Å². The molecule has 0 bridgehead atoms. The van der Waals surface area contributed by atoms with Crippen molar-refractivity contribution >= 4 is 0 Å². The largest absolute Gasteiger partial charge is 0.329 e. The van der Waals surface area contributed by atoms with Crippen LogP contribution in [0.15, 0.2) is 0 Å². The highest BCUT2D eigenvalue weighted by Gasteiger charge is 2.17. The summed E-state index contributed by atoms with van der Waals surface area (Å²) in [7, 11) is 14.6. The van der Waals surface area contributed by atoms with Crippen LogP contribution in [0.4, 0.5) is 0 Å². The first-order valence-electron chi connectivity index (χ1n) is 22.1. The van der Waals surface area contributed by atoms with E-state index in [2.05, 4.69) is 92.2 Å². The van der Waals surface area contributed by atoms with Crippen molar-refractivity contribution in [1.82, 2.24) is 71.1 Å². The van der Waals surface area contributed by atoms with E-state index in [-0.39, 0.29) is 0 Å². The van der Waals surface area contributed by atoms with Crippen molar-refractivity contribution in [3.8, 4) is 0 Å². The molecular weight excluding hydrogens is 707 g/mol. The third-order valence-corrected chi connectivity index (χ3v) is 10.6. The molecule has 0 saturated carbocycles. The van der Waals surface area contributed by atoms with Crippen LogP contribution in [0.5, 0.6) is 0 Å². The molecule has 0 heterocycles. The molecule has 0 aromatic rings. The maximum atomic E-state index is 6.08. The summed E-state index contributed by atoms with van der Waals surface area (Å²) in [6.45, 7) is 31.6. The van der Waals surface area contributed by atoms with E-state index in [9.17, 15) is 0 Å². The van der Waals surface area contributed by atoms with Crippen LogP contribution >= 0.6 is 0 Å². The molecule has 0 fully saturated rings. The standard InChI is InChI=1S/C39H97N17/c1-43-11-12-48-17-25-53(24-16-47-5)32-35-55(33-30-51(19-9-41)22-14-45-3)38-39-56(34-31-52(20-10-42)23-15-46-4)37-36-54(28-26-49(6)18-8-40)29-27-50(7)21-13-44-2/h43-48H,8-42H2,1-7H3. The first-order valence-corrected chi connectivity index (χ1v) is 22.1. The fourth-order valence-corrected chi connectivity index (χ4v) is 6.55. The molecule has 0 radical (unpaired) electrons. The molecule has 0 unspecified atom stereocenters. The van der Waals surface area contributed by atoms with Crippen molar-refractivity contribution in [2.75, 3.05) is 259 Å². The maximum Gasteiger partial charge on any atom is 0.0110 e. The van der Waals surface area contributed by atoms with Crippen molar-refractivity contribution < 1.29 is 0 Å². The predicted octanol–water partition coefficient (Wildman–Crippen LogP) is -4.78. The van der Waals surface area contributed by atoms with E-state index in [1.54, 1.807) is 0 Å². The van der Waals surface area contributed by atoms with Crippen molar-refractivity contribution in [3.05, 3.63) is 0 Å². The van der Waals surface area contributed by atoms with E-state index < -0.39 is 0 Å². The number of nitrogens with one attached hydrogen (secondary N) is 6. The summed E-state index contributed by atoms with van der Waals surface area (Å²) in [5.41, 5.74) is 18.1. The molecule has 0 aromatic carbocycles. The Morgan fingerprint density at radius 2 is 0.536 bits per heavy atom. The van der Waals surface area contributed by atoms with Crippen LogP contribution in [0.2, 0.25) is 0 Å². The van der Waals surface area contributed by atoms with Crippen LogP contribution in [0.25, 0.3) is 0 Å². The summed E-state index contributed by atoms with van der Waals surface area (Å²) in [5.74, 6) is 0. The van der Waals surface area contributed by atoms with Crippen LogP contribution in [0, 0.1) is 0 Å². The number of nitrogens with two attached hydrogens (primary N) is 3. The monoisotopic (exact) mass is 804 g/mol. The predicted molar refractivity (Wildman–Crippen MR) is 243 cm³/mol. The number of likely N-dealkylation sites (N-methyl/N-ethyl adjacent to an activating group) is 7. The highest BCUT2D eigenvalue weighted by atomic mass is 15.3. The quantitative estimate of drug-likeness (QED) is 0.0268. The van der Waals surface area contributed by atoms with Crippen LogP contribution in [-0.4, -0.2) is 298 Å². The molecule has 17 heteroatoms. The second-order valence-electron chi connectivity index (χ2n) is 15.3. The van der Waals surface area contributed by atoms with Crippen LogP contribution in [-0.2, 0) is 0 Å². The minimum absolute atomic E-state index is 0.685. The van der Waals surface area contributed by atoms with E-state index in [0.717, 1.165) is 190 Å². The SMILES string of the molecule is CNCCNCCN(CCNC)CCN(CCN(CCN)CCNC)CCN(CCN(CCN)CCNC)CCN(CCN(C)CCN)CCN(C)CCNC. The summed E-state index contributed by atoms with van der Waals surface area (Å²) in [5, 5.41) is 20.2. The van der Waals surface area contributed by atoms with E-state index in [0.29, 0.717) is 19.6 Å². The van der Waals surface area contributed by atoms with Gasteiger partial charge < -0.3 is 58.9 Å². The first kappa shape index (κ1) is 55.3. The van der Waals surface area contributed by atoms with Gasteiger partial charge in [0.1, 0.15) is 0 Å². The minimum Gasteiger partial charge on any atom is -0.329 e. The molecular formula is C39H97N17. The number of hydrogen-bond donors (Lipinski definition) is 9. The van der Waals surface area contributed by atoms with Crippen LogP contribution in [0.3, 0.4) is 0 Å². The van der Waals surface area contributed by atoms with Crippen molar-refractivity contribution in [3.63, 3.8) is 0 Å². The zero-order valence-corrected chi connectivity index (χ0v) is 37.9. The Bertz CT molecular complexity index is 788. The molecule has 0 atom stereocenters. The zero-order chi connectivity index (χ0) is 41.5. The van der Waals surface area contributed by atoms with Crippen molar-refractivity contribution in [1.29, 1.82) is 0 Å².